The first kappa shape index (κ1) is 7.84. The molecule has 0 aliphatic carbocycles. The Kier molecular flexibility index (Phi) is 2.18. The van der Waals surface area contributed by atoms with Crippen LogP contribution in [0, 0.1) is 3.57 Å². The standard InChI is InChI=1S/C6H9IN2O/c1-3(2)5-4(7)6(8)9-10-5/h3H,1-2H3,(H2,8,9). The third kappa shape index (κ3) is 1.25. The van der Waals surface area contributed by atoms with E-state index in [4.69, 9.17) is 10.3 Å². The third-order valence-electron chi connectivity index (χ3n) is 1.21. The van der Waals surface area contributed by atoms with Gasteiger partial charge >= 0.3 is 0 Å². The van der Waals surface area contributed by atoms with Crippen LogP contribution >= 0.6 is 22.6 Å². The van der Waals surface area contributed by atoms with Gasteiger partial charge in [0, 0.05) is 5.92 Å². The first-order valence-corrected chi connectivity index (χ1v) is 4.11. The van der Waals surface area contributed by atoms with Gasteiger partial charge in [-0.1, -0.05) is 19.0 Å². The van der Waals surface area contributed by atoms with Gasteiger partial charge in [-0.3, -0.25) is 0 Å². The molecule has 2 N–H and O–H groups in total. The quantitative estimate of drug-likeness (QED) is 0.777. The lowest BCUT2D eigenvalue weighted by molar-refractivity contribution is 0.372. The molecule has 0 saturated heterocycles. The van der Waals surface area contributed by atoms with Crippen LogP contribution in [0.4, 0.5) is 5.82 Å². The van der Waals surface area contributed by atoms with E-state index in [0.717, 1.165) is 9.33 Å². The van der Waals surface area contributed by atoms with Crippen molar-refractivity contribution in [2.45, 2.75) is 19.8 Å². The average Bonchev–Trinajstić information content (AvgIpc) is 2.14. The van der Waals surface area contributed by atoms with E-state index >= 15 is 0 Å². The number of hydrogen-bond acceptors (Lipinski definition) is 3. The van der Waals surface area contributed by atoms with Crippen LogP contribution in [0.1, 0.15) is 25.5 Å². The molecule has 10 heavy (non-hydrogen) atoms. The molecule has 56 valence electrons. The Morgan fingerprint density at radius 2 is 2.20 bits per heavy atom. The molecule has 0 unspecified atom stereocenters. The fourth-order valence-corrected chi connectivity index (χ4v) is 1.48. The number of nitrogens with two attached hydrogens (primary N) is 1. The summed E-state index contributed by atoms with van der Waals surface area (Å²) in [6, 6.07) is 0. The van der Waals surface area contributed by atoms with Gasteiger partial charge in [-0.2, -0.15) is 0 Å². The van der Waals surface area contributed by atoms with Gasteiger partial charge in [-0.15, -0.1) is 0 Å². The summed E-state index contributed by atoms with van der Waals surface area (Å²) in [6.45, 7) is 4.09. The van der Waals surface area contributed by atoms with Gasteiger partial charge in [0.25, 0.3) is 0 Å². The maximum Gasteiger partial charge on any atom is 0.180 e. The van der Waals surface area contributed by atoms with Crippen LogP contribution in [0.2, 0.25) is 0 Å². The Bertz CT molecular complexity index is 232. The van der Waals surface area contributed by atoms with Gasteiger partial charge in [0.05, 0.1) is 3.57 Å². The van der Waals surface area contributed by atoms with E-state index in [9.17, 15) is 0 Å². The monoisotopic (exact) mass is 252 g/mol. The number of anilines is 1. The van der Waals surface area contributed by atoms with Crippen LogP contribution in [0.25, 0.3) is 0 Å². The second-order valence-electron chi connectivity index (χ2n) is 2.40. The molecule has 0 bridgehead atoms. The number of rotatable bonds is 1. The predicted octanol–water partition coefficient (Wildman–Crippen LogP) is 1.98. The van der Waals surface area contributed by atoms with Crippen LogP contribution in [0.3, 0.4) is 0 Å². The number of hydrogen-bond donors (Lipinski definition) is 1. The molecule has 0 saturated carbocycles. The molecule has 0 radical (unpaired) electrons. The molecule has 1 aromatic rings. The molecule has 0 amide bonds. The van der Waals surface area contributed by atoms with E-state index < -0.39 is 0 Å². The highest BCUT2D eigenvalue weighted by molar-refractivity contribution is 14.1. The Hall–Kier alpha value is -0.260. The van der Waals surface area contributed by atoms with Crippen molar-refractivity contribution in [2.75, 3.05) is 5.73 Å². The largest absolute Gasteiger partial charge is 0.380 e. The van der Waals surface area contributed by atoms with Crippen molar-refractivity contribution in [3.8, 4) is 0 Å². The van der Waals surface area contributed by atoms with Crippen LogP contribution in [0.15, 0.2) is 4.52 Å². The zero-order valence-corrected chi connectivity index (χ0v) is 8.05. The second kappa shape index (κ2) is 2.77. The second-order valence-corrected chi connectivity index (χ2v) is 3.48. The first-order valence-electron chi connectivity index (χ1n) is 3.03. The molecule has 0 atom stereocenters. The lowest BCUT2D eigenvalue weighted by atomic mass is 10.2. The molecule has 4 heteroatoms. The fourth-order valence-electron chi connectivity index (χ4n) is 0.664. The zero-order valence-electron chi connectivity index (χ0n) is 5.89. The van der Waals surface area contributed by atoms with Crippen molar-refractivity contribution < 1.29 is 4.52 Å². The highest BCUT2D eigenvalue weighted by atomic mass is 127. The van der Waals surface area contributed by atoms with Crippen LogP contribution < -0.4 is 5.73 Å². The minimum atomic E-state index is 0.358. The van der Waals surface area contributed by atoms with Crippen molar-refractivity contribution >= 4 is 28.4 Å². The summed E-state index contributed by atoms with van der Waals surface area (Å²) in [6.07, 6.45) is 0. The number of nitrogen functional groups attached to an aromatic ring is 1. The lowest BCUT2D eigenvalue weighted by Crippen LogP contribution is -1.89. The Balaban J connectivity index is 3.05. The number of halogens is 1. The summed E-state index contributed by atoms with van der Waals surface area (Å²) in [5.41, 5.74) is 5.47. The normalized spacial score (nSPS) is 10.8. The summed E-state index contributed by atoms with van der Waals surface area (Å²) in [5.74, 6) is 1.72. The Morgan fingerprint density at radius 3 is 2.40 bits per heavy atom. The highest BCUT2D eigenvalue weighted by Gasteiger charge is 2.13. The van der Waals surface area contributed by atoms with Crippen molar-refractivity contribution in [3.63, 3.8) is 0 Å². The van der Waals surface area contributed by atoms with Gasteiger partial charge in [0.2, 0.25) is 0 Å². The summed E-state index contributed by atoms with van der Waals surface area (Å²) >= 11 is 2.13. The van der Waals surface area contributed by atoms with E-state index in [-0.39, 0.29) is 0 Å². The molecule has 0 aliphatic heterocycles. The highest BCUT2D eigenvalue weighted by Crippen LogP contribution is 2.24. The third-order valence-corrected chi connectivity index (χ3v) is 2.29. The lowest BCUT2D eigenvalue weighted by Gasteiger charge is -1.96. The maximum atomic E-state index is 5.47. The maximum absolute atomic E-state index is 5.47. The van der Waals surface area contributed by atoms with Gasteiger partial charge in [0.1, 0.15) is 0 Å². The SMILES string of the molecule is CC(C)c1onc(N)c1I. The minimum absolute atomic E-state index is 0.358. The predicted molar refractivity (Wildman–Crippen MR) is 47.7 cm³/mol. The van der Waals surface area contributed by atoms with Gasteiger partial charge < -0.3 is 10.3 Å². The van der Waals surface area contributed by atoms with Crippen LogP contribution in [-0.2, 0) is 0 Å². The average molecular weight is 252 g/mol. The number of nitrogens with zero attached hydrogens (tertiary/aromatic N) is 1. The van der Waals surface area contributed by atoms with Gasteiger partial charge in [-0.05, 0) is 22.6 Å². The van der Waals surface area contributed by atoms with E-state index in [1.165, 1.54) is 0 Å². The molecule has 1 aromatic heterocycles. The molecule has 3 nitrogen and oxygen atoms in total. The topological polar surface area (TPSA) is 52.0 Å². The molecule has 1 rings (SSSR count). The molecule has 0 fully saturated rings. The number of aromatic nitrogens is 1. The van der Waals surface area contributed by atoms with Crippen molar-refractivity contribution in [1.29, 1.82) is 0 Å². The minimum Gasteiger partial charge on any atom is -0.380 e. The van der Waals surface area contributed by atoms with Crippen molar-refractivity contribution in [2.24, 2.45) is 0 Å². The molecule has 1 heterocycles. The van der Waals surface area contributed by atoms with Crippen molar-refractivity contribution in [1.82, 2.24) is 5.16 Å². The molecule has 0 aromatic carbocycles. The van der Waals surface area contributed by atoms with Crippen molar-refractivity contribution in [3.05, 3.63) is 9.33 Å². The van der Waals surface area contributed by atoms with Gasteiger partial charge in [0.15, 0.2) is 11.6 Å². The Morgan fingerprint density at radius 1 is 1.60 bits per heavy atom. The van der Waals surface area contributed by atoms with Gasteiger partial charge in [-0.25, -0.2) is 0 Å². The fraction of sp³-hybridized carbons (Fsp3) is 0.500. The smallest absolute Gasteiger partial charge is 0.180 e. The molecular formula is C6H9IN2O. The first-order chi connectivity index (χ1) is 4.63. The zero-order chi connectivity index (χ0) is 7.72. The van der Waals surface area contributed by atoms with E-state index in [1.54, 1.807) is 0 Å². The van der Waals surface area contributed by atoms with Crippen LogP contribution in [0.5, 0.6) is 0 Å². The molecule has 0 aliphatic rings. The summed E-state index contributed by atoms with van der Waals surface area (Å²) in [7, 11) is 0. The summed E-state index contributed by atoms with van der Waals surface area (Å²) in [5, 5.41) is 3.63. The Labute approximate surface area is 73.1 Å². The van der Waals surface area contributed by atoms with E-state index in [1.807, 2.05) is 13.8 Å². The van der Waals surface area contributed by atoms with Crippen LogP contribution in [-0.4, -0.2) is 5.16 Å². The molecular weight excluding hydrogens is 243 g/mol. The molecule has 0 spiro atoms. The van der Waals surface area contributed by atoms with E-state index in [0.29, 0.717) is 11.7 Å². The van der Waals surface area contributed by atoms with E-state index in [2.05, 4.69) is 27.7 Å². The summed E-state index contributed by atoms with van der Waals surface area (Å²) < 4.78 is 5.91. The summed E-state index contributed by atoms with van der Waals surface area (Å²) in [4.78, 5) is 0.